The lowest BCUT2D eigenvalue weighted by atomic mass is 9.81. The maximum absolute atomic E-state index is 13.9. The van der Waals surface area contributed by atoms with Crippen LogP contribution in [0.1, 0.15) is 104 Å². The van der Waals surface area contributed by atoms with Gasteiger partial charge < -0.3 is 15.5 Å². The van der Waals surface area contributed by atoms with Gasteiger partial charge in [0.2, 0.25) is 10.0 Å². The smallest absolute Gasteiger partial charge is 0.257 e. The molecule has 0 atom stereocenters. The number of carbonyl (C=O) groups is 2. The highest BCUT2D eigenvalue weighted by molar-refractivity contribution is 7.89. The number of hydrogen-bond acceptors (Lipinski definition) is 6. The minimum Gasteiger partial charge on any atom is -0.339 e. The summed E-state index contributed by atoms with van der Waals surface area (Å²) >= 11 is 1.47. The number of carbonyl (C=O) groups excluding carboxylic acids is 2. The molecule has 1 aromatic heterocycles. The highest BCUT2D eigenvalue weighted by Gasteiger charge is 2.42. The number of fused-ring (bicyclic) bond motifs is 1. The summed E-state index contributed by atoms with van der Waals surface area (Å²) in [6.07, 6.45) is 7.63. The van der Waals surface area contributed by atoms with Gasteiger partial charge >= 0.3 is 0 Å². The maximum Gasteiger partial charge on any atom is 0.257 e. The van der Waals surface area contributed by atoms with Gasteiger partial charge in [0, 0.05) is 47.7 Å². The van der Waals surface area contributed by atoms with Crippen molar-refractivity contribution in [3.63, 3.8) is 0 Å². The number of likely N-dealkylation sites (tertiary alicyclic amines) is 1. The lowest BCUT2D eigenvalue weighted by Gasteiger charge is -2.42. The predicted octanol–water partition coefficient (Wildman–Crippen LogP) is 5.35. The van der Waals surface area contributed by atoms with Gasteiger partial charge in [0.1, 0.15) is 5.00 Å². The Morgan fingerprint density at radius 2 is 1.45 bits per heavy atom. The van der Waals surface area contributed by atoms with Crippen molar-refractivity contribution < 1.29 is 18.0 Å². The maximum atomic E-state index is 13.9. The first-order valence-electron chi connectivity index (χ1n) is 14.6. The minimum absolute atomic E-state index is 0.0140. The molecule has 1 aromatic carbocycles. The number of benzene rings is 1. The molecule has 0 saturated carbocycles. The van der Waals surface area contributed by atoms with E-state index in [2.05, 4.69) is 38.3 Å². The number of thiophene rings is 1. The van der Waals surface area contributed by atoms with Crippen LogP contribution in [0.3, 0.4) is 0 Å². The van der Waals surface area contributed by atoms with E-state index in [4.69, 9.17) is 0 Å². The summed E-state index contributed by atoms with van der Waals surface area (Å²) in [4.78, 5) is 30.6. The van der Waals surface area contributed by atoms with Crippen molar-refractivity contribution in [2.45, 2.75) is 95.0 Å². The zero-order valence-electron chi connectivity index (χ0n) is 24.1. The zero-order chi connectivity index (χ0) is 28.7. The first kappa shape index (κ1) is 29.2. The van der Waals surface area contributed by atoms with Gasteiger partial charge in [0.05, 0.1) is 10.5 Å². The third-order valence-electron chi connectivity index (χ3n) is 8.25. The zero-order valence-corrected chi connectivity index (χ0v) is 25.8. The molecule has 2 aromatic rings. The number of piperidine rings is 1. The third-order valence-corrected chi connectivity index (χ3v) is 11.6. The molecule has 3 aliphatic rings. The fourth-order valence-corrected chi connectivity index (χ4v) is 9.26. The largest absolute Gasteiger partial charge is 0.339 e. The summed E-state index contributed by atoms with van der Waals surface area (Å²) in [7, 11) is -3.60. The second-order valence-electron chi connectivity index (χ2n) is 12.6. The summed E-state index contributed by atoms with van der Waals surface area (Å²) in [6.45, 7) is 11.0. The Kier molecular flexibility index (Phi) is 8.18. The van der Waals surface area contributed by atoms with Crippen LogP contribution in [0, 0.1) is 0 Å². The molecule has 0 spiro atoms. The van der Waals surface area contributed by atoms with Gasteiger partial charge in [-0.25, -0.2) is 8.42 Å². The summed E-state index contributed by atoms with van der Waals surface area (Å²) in [5.74, 6) is -0.366. The van der Waals surface area contributed by atoms with Gasteiger partial charge in [0.15, 0.2) is 0 Å². The van der Waals surface area contributed by atoms with E-state index >= 15 is 0 Å². The van der Waals surface area contributed by atoms with E-state index in [1.54, 1.807) is 16.4 Å². The fourth-order valence-electron chi connectivity index (χ4n) is 6.48. The Hall–Kier alpha value is -2.27. The average molecular weight is 587 g/mol. The number of nitrogens with zero attached hydrogens (tertiary/aromatic N) is 2. The number of hydrogen-bond donors (Lipinski definition) is 2. The molecule has 0 radical (unpaired) electrons. The van der Waals surface area contributed by atoms with Gasteiger partial charge in [-0.2, -0.15) is 4.31 Å². The molecule has 0 unspecified atom stereocenters. The van der Waals surface area contributed by atoms with E-state index in [1.165, 1.54) is 23.5 Å². The highest BCUT2D eigenvalue weighted by atomic mass is 32.2. The van der Waals surface area contributed by atoms with Gasteiger partial charge in [-0.1, -0.05) is 12.8 Å². The van der Waals surface area contributed by atoms with Crippen molar-refractivity contribution in [2.24, 2.45) is 0 Å². The van der Waals surface area contributed by atoms with Crippen LogP contribution in [-0.4, -0.2) is 61.2 Å². The number of amides is 2. The number of anilines is 1. The van der Waals surface area contributed by atoms with E-state index in [1.807, 2.05) is 4.90 Å². The first-order chi connectivity index (χ1) is 18.9. The van der Waals surface area contributed by atoms with E-state index in [-0.39, 0.29) is 27.8 Å². The topological polar surface area (TPSA) is 98.8 Å². The number of nitrogens with one attached hydrogen (secondary N) is 2. The molecule has 0 aliphatic carbocycles. The second-order valence-corrected chi connectivity index (χ2v) is 15.5. The molecular weight excluding hydrogens is 544 g/mol. The molecule has 8 nitrogen and oxygen atoms in total. The van der Waals surface area contributed by atoms with Crippen LogP contribution in [0.2, 0.25) is 0 Å². The minimum atomic E-state index is -3.60. The molecule has 0 bridgehead atoms. The molecule has 2 fully saturated rings. The Labute approximate surface area is 242 Å². The quantitative estimate of drug-likeness (QED) is 0.492. The van der Waals surface area contributed by atoms with Gasteiger partial charge in [-0.15, -0.1) is 11.3 Å². The van der Waals surface area contributed by atoms with Crippen LogP contribution in [0.15, 0.2) is 29.2 Å². The third kappa shape index (κ3) is 5.86. The average Bonchev–Trinajstić information content (AvgIpc) is 3.07. The van der Waals surface area contributed by atoms with Crippen molar-refractivity contribution >= 4 is 38.2 Å². The Morgan fingerprint density at radius 3 is 2.08 bits per heavy atom. The highest BCUT2D eigenvalue weighted by Crippen LogP contribution is 2.45. The van der Waals surface area contributed by atoms with Crippen LogP contribution >= 0.6 is 11.3 Å². The van der Waals surface area contributed by atoms with Crippen LogP contribution in [0.25, 0.3) is 0 Å². The van der Waals surface area contributed by atoms with Gasteiger partial charge in [-0.3, -0.25) is 9.59 Å². The van der Waals surface area contributed by atoms with Crippen molar-refractivity contribution in [3.05, 3.63) is 45.8 Å². The Morgan fingerprint density at radius 1 is 0.875 bits per heavy atom. The number of rotatable bonds is 5. The summed E-state index contributed by atoms with van der Waals surface area (Å²) in [6, 6.07) is 6.16. The SMILES string of the molecule is CC1(C)Cc2c(sc(NC(=O)c3ccc(S(=O)(=O)N4CCCCCC4)cc3)c2C(=O)N2CCCCC2)C(C)(C)N1. The number of sulfonamides is 1. The molecule has 4 heterocycles. The Balaban J connectivity index is 1.44. The molecule has 10 heteroatoms. The van der Waals surface area contributed by atoms with E-state index in [0.29, 0.717) is 35.6 Å². The molecule has 40 heavy (non-hydrogen) atoms. The summed E-state index contributed by atoms with van der Waals surface area (Å²) < 4.78 is 27.9. The van der Waals surface area contributed by atoms with E-state index in [0.717, 1.165) is 68.5 Å². The normalized spacial score (nSPS) is 21.4. The molecule has 5 rings (SSSR count). The summed E-state index contributed by atoms with van der Waals surface area (Å²) in [5.41, 5.74) is 1.42. The van der Waals surface area contributed by atoms with Crippen LogP contribution in [0.4, 0.5) is 5.00 Å². The molecule has 2 amide bonds. The monoisotopic (exact) mass is 586 g/mol. The lowest BCUT2D eigenvalue weighted by molar-refractivity contribution is 0.0723. The van der Waals surface area contributed by atoms with Crippen molar-refractivity contribution in [2.75, 3.05) is 31.5 Å². The fraction of sp³-hybridized carbons (Fsp3) is 0.600. The predicted molar refractivity (Wildman–Crippen MR) is 160 cm³/mol. The van der Waals surface area contributed by atoms with E-state index in [9.17, 15) is 18.0 Å². The molecule has 2 saturated heterocycles. The first-order valence-corrected chi connectivity index (χ1v) is 16.8. The molecular formula is C30H42N4O4S2. The molecule has 2 N–H and O–H groups in total. The van der Waals surface area contributed by atoms with Crippen LogP contribution < -0.4 is 10.6 Å². The van der Waals surface area contributed by atoms with Crippen LogP contribution in [-0.2, 0) is 22.0 Å². The molecule has 218 valence electrons. The van der Waals surface area contributed by atoms with Gasteiger partial charge in [-0.05, 0) is 96.0 Å². The van der Waals surface area contributed by atoms with Crippen molar-refractivity contribution in [1.29, 1.82) is 0 Å². The van der Waals surface area contributed by atoms with Crippen molar-refractivity contribution in [1.82, 2.24) is 14.5 Å². The Bertz CT molecular complexity index is 1370. The van der Waals surface area contributed by atoms with Crippen molar-refractivity contribution in [3.8, 4) is 0 Å². The standard InChI is InChI=1S/C30H42N4O4S2/c1-29(2)20-23-24(28(36)33-16-8-7-9-17-33)27(39-25(23)30(3,4)32-29)31-26(35)21-12-14-22(15-13-21)40(37,38)34-18-10-5-6-11-19-34/h12-15,32H,5-11,16-20H2,1-4H3,(H,31,35). The second kappa shape index (κ2) is 11.2. The molecule has 3 aliphatic heterocycles. The summed E-state index contributed by atoms with van der Waals surface area (Å²) in [5, 5.41) is 7.31. The van der Waals surface area contributed by atoms with Gasteiger partial charge in [0.25, 0.3) is 11.8 Å². The van der Waals surface area contributed by atoms with Crippen LogP contribution in [0.5, 0.6) is 0 Å². The van der Waals surface area contributed by atoms with E-state index < -0.39 is 10.0 Å². The lowest BCUT2D eigenvalue weighted by Crippen LogP contribution is -2.55.